The monoisotopic (exact) mass is 243 g/mol. The molecule has 1 aromatic carbocycles. The lowest BCUT2D eigenvalue weighted by Crippen LogP contribution is -2.07. The molecule has 0 aliphatic heterocycles. The predicted molar refractivity (Wildman–Crippen MR) is 68.7 cm³/mol. The number of hydrogen-bond donors (Lipinski definition) is 2. The summed E-state index contributed by atoms with van der Waals surface area (Å²) >= 11 is 0. The minimum Gasteiger partial charge on any atom is -0.477 e. The smallest absolute Gasteiger partial charge is 0.341 e. The maximum Gasteiger partial charge on any atom is 0.341 e. The molecule has 92 valence electrons. The summed E-state index contributed by atoms with van der Waals surface area (Å²) in [5.74, 6) is -0.214. The molecule has 0 unspecified atom stereocenters. The van der Waals surface area contributed by atoms with Gasteiger partial charge in [-0.3, -0.25) is 0 Å². The van der Waals surface area contributed by atoms with E-state index in [1.54, 1.807) is 7.05 Å². The van der Waals surface area contributed by atoms with Crippen LogP contribution in [0.1, 0.15) is 15.9 Å². The van der Waals surface area contributed by atoms with Crippen molar-refractivity contribution in [3.05, 3.63) is 41.6 Å². The lowest BCUT2D eigenvalue weighted by atomic mass is 10.1. The third-order valence-corrected chi connectivity index (χ3v) is 2.64. The van der Waals surface area contributed by atoms with Gasteiger partial charge in [-0.2, -0.15) is 0 Å². The first-order chi connectivity index (χ1) is 8.63. The van der Waals surface area contributed by atoms with Crippen LogP contribution in [0.5, 0.6) is 0 Å². The molecular formula is C13H13N3O2. The summed E-state index contributed by atoms with van der Waals surface area (Å²) in [5.41, 5.74) is 2.00. The van der Waals surface area contributed by atoms with E-state index in [1.165, 1.54) is 6.20 Å². The fraction of sp³-hybridized carbons (Fsp3) is 0.154. The Kier molecular flexibility index (Phi) is 3.23. The van der Waals surface area contributed by atoms with Crippen LogP contribution in [-0.2, 0) is 0 Å². The maximum atomic E-state index is 11.0. The molecular weight excluding hydrogens is 230 g/mol. The highest BCUT2D eigenvalue weighted by Crippen LogP contribution is 2.21. The molecule has 5 nitrogen and oxygen atoms in total. The van der Waals surface area contributed by atoms with E-state index in [1.807, 2.05) is 31.2 Å². The Labute approximate surface area is 105 Å². The lowest BCUT2D eigenvalue weighted by Gasteiger charge is -2.08. The number of aromatic nitrogens is 2. The first-order valence-corrected chi connectivity index (χ1v) is 5.47. The normalized spacial score (nSPS) is 10.1. The van der Waals surface area contributed by atoms with Crippen molar-refractivity contribution < 1.29 is 9.90 Å². The van der Waals surface area contributed by atoms with Crippen molar-refractivity contribution in [3.8, 4) is 11.4 Å². The zero-order valence-corrected chi connectivity index (χ0v) is 10.1. The van der Waals surface area contributed by atoms with E-state index in [0.29, 0.717) is 11.6 Å². The van der Waals surface area contributed by atoms with Crippen LogP contribution in [0, 0.1) is 6.92 Å². The number of benzene rings is 1. The summed E-state index contributed by atoms with van der Waals surface area (Å²) in [7, 11) is 1.64. The number of carbonyl (C=O) groups is 1. The van der Waals surface area contributed by atoms with Crippen LogP contribution in [0.4, 0.5) is 5.82 Å². The molecule has 2 aromatic rings. The van der Waals surface area contributed by atoms with E-state index >= 15 is 0 Å². The van der Waals surface area contributed by atoms with Gasteiger partial charge in [0.05, 0.1) is 0 Å². The summed E-state index contributed by atoms with van der Waals surface area (Å²) < 4.78 is 0. The zero-order chi connectivity index (χ0) is 13.1. The van der Waals surface area contributed by atoms with Gasteiger partial charge in [0.2, 0.25) is 0 Å². The van der Waals surface area contributed by atoms with Crippen LogP contribution >= 0.6 is 0 Å². The van der Waals surface area contributed by atoms with Crippen molar-refractivity contribution in [3.63, 3.8) is 0 Å². The third-order valence-electron chi connectivity index (χ3n) is 2.64. The van der Waals surface area contributed by atoms with Gasteiger partial charge in [0.1, 0.15) is 11.4 Å². The van der Waals surface area contributed by atoms with E-state index in [9.17, 15) is 4.79 Å². The molecule has 2 rings (SSSR count). The molecule has 18 heavy (non-hydrogen) atoms. The van der Waals surface area contributed by atoms with E-state index in [2.05, 4.69) is 15.3 Å². The van der Waals surface area contributed by atoms with Gasteiger partial charge < -0.3 is 10.4 Å². The fourth-order valence-corrected chi connectivity index (χ4v) is 1.68. The van der Waals surface area contributed by atoms with Crippen molar-refractivity contribution in [1.29, 1.82) is 0 Å². The van der Waals surface area contributed by atoms with Crippen molar-refractivity contribution in [2.24, 2.45) is 0 Å². The highest BCUT2D eigenvalue weighted by atomic mass is 16.4. The Bertz CT molecular complexity index is 597. The van der Waals surface area contributed by atoms with Crippen LogP contribution in [0.3, 0.4) is 0 Å². The highest BCUT2D eigenvalue weighted by molar-refractivity contribution is 5.93. The number of aryl methyl sites for hydroxylation is 1. The van der Waals surface area contributed by atoms with E-state index < -0.39 is 5.97 Å². The van der Waals surface area contributed by atoms with Crippen LogP contribution in [0.15, 0.2) is 30.5 Å². The summed E-state index contributed by atoms with van der Waals surface area (Å²) in [6, 6.07) is 7.70. The minimum atomic E-state index is -1.05. The predicted octanol–water partition coefficient (Wildman–Crippen LogP) is 2.19. The Morgan fingerprint density at radius 1 is 1.33 bits per heavy atom. The number of hydrogen-bond acceptors (Lipinski definition) is 4. The maximum absolute atomic E-state index is 11.0. The molecule has 0 saturated carbocycles. The number of nitrogens with one attached hydrogen (secondary N) is 1. The minimum absolute atomic E-state index is 0.0647. The number of carboxylic acids is 1. The first kappa shape index (κ1) is 12.0. The summed E-state index contributed by atoms with van der Waals surface area (Å²) in [6.45, 7) is 1.96. The molecule has 0 bridgehead atoms. The van der Waals surface area contributed by atoms with Gasteiger partial charge in [0, 0.05) is 18.8 Å². The summed E-state index contributed by atoms with van der Waals surface area (Å²) in [6.07, 6.45) is 1.32. The van der Waals surface area contributed by atoms with E-state index in [-0.39, 0.29) is 5.56 Å². The van der Waals surface area contributed by atoms with Crippen molar-refractivity contribution >= 4 is 11.8 Å². The van der Waals surface area contributed by atoms with E-state index in [0.717, 1.165) is 11.1 Å². The standard InChI is InChI=1S/C13H13N3O2/c1-8-5-3-4-6-9(8)12-15-7-10(13(17)18)11(14-2)16-12/h3-7H,1-2H3,(H,17,18)(H,14,15,16). The van der Waals surface area contributed by atoms with Gasteiger partial charge in [-0.25, -0.2) is 14.8 Å². The van der Waals surface area contributed by atoms with Gasteiger partial charge >= 0.3 is 5.97 Å². The van der Waals surface area contributed by atoms with Crippen molar-refractivity contribution in [2.45, 2.75) is 6.92 Å². The van der Waals surface area contributed by atoms with Crippen LogP contribution < -0.4 is 5.32 Å². The van der Waals surface area contributed by atoms with Gasteiger partial charge in [-0.1, -0.05) is 24.3 Å². The number of anilines is 1. The van der Waals surface area contributed by atoms with Crippen LogP contribution in [-0.4, -0.2) is 28.1 Å². The summed E-state index contributed by atoms with van der Waals surface area (Å²) in [4.78, 5) is 19.3. The number of carboxylic acid groups (broad SMARTS) is 1. The Balaban J connectivity index is 2.55. The second kappa shape index (κ2) is 4.83. The Hall–Kier alpha value is -2.43. The number of nitrogens with zero attached hydrogens (tertiary/aromatic N) is 2. The molecule has 0 radical (unpaired) electrons. The van der Waals surface area contributed by atoms with Crippen LogP contribution in [0.25, 0.3) is 11.4 Å². The molecule has 1 aromatic heterocycles. The van der Waals surface area contributed by atoms with Gasteiger partial charge in [0.25, 0.3) is 0 Å². The number of aromatic carboxylic acids is 1. The molecule has 0 spiro atoms. The van der Waals surface area contributed by atoms with E-state index in [4.69, 9.17) is 5.11 Å². The molecule has 2 N–H and O–H groups in total. The average molecular weight is 243 g/mol. The molecule has 1 heterocycles. The first-order valence-electron chi connectivity index (χ1n) is 5.47. The highest BCUT2D eigenvalue weighted by Gasteiger charge is 2.13. The zero-order valence-electron chi connectivity index (χ0n) is 10.1. The topological polar surface area (TPSA) is 75.1 Å². The second-order valence-corrected chi connectivity index (χ2v) is 3.83. The van der Waals surface area contributed by atoms with Crippen molar-refractivity contribution in [1.82, 2.24) is 9.97 Å². The van der Waals surface area contributed by atoms with Crippen LogP contribution in [0.2, 0.25) is 0 Å². The third kappa shape index (κ3) is 2.15. The molecule has 0 atom stereocenters. The number of rotatable bonds is 3. The quantitative estimate of drug-likeness (QED) is 0.864. The molecule has 0 saturated heterocycles. The van der Waals surface area contributed by atoms with Crippen molar-refractivity contribution in [2.75, 3.05) is 12.4 Å². The van der Waals surface area contributed by atoms with Gasteiger partial charge in [-0.05, 0) is 12.5 Å². The average Bonchev–Trinajstić information content (AvgIpc) is 2.38. The molecule has 0 aliphatic rings. The molecule has 0 fully saturated rings. The second-order valence-electron chi connectivity index (χ2n) is 3.83. The largest absolute Gasteiger partial charge is 0.477 e. The molecule has 0 aliphatic carbocycles. The Morgan fingerprint density at radius 3 is 2.67 bits per heavy atom. The Morgan fingerprint density at radius 2 is 2.06 bits per heavy atom. The molecule has 0 amide bonds. The molecule has 5 heteroatoms. The fourth-order valence-electron chi connectivity index (χ4n) is 1.68. The summed E-state index contributed by atoms with van der Waals surface area (Å²) in [5, 5.41) is 11.8. The lowest BCUT2D eigenvalue weighted by molar-refractivity contribution is 0.0697. The van der Waals surface area contributed by atoms with Gasteiger partial charge in [0.15, 0.2) is 5.82 Å². The van der Waals surface area contributed by atoms with Gasteiger partial charge in [-0.15, -0.1) is 0 Å². The SMILES string of the molecule is CNc1nc(-c2ccccc2C)ncc1C(=O)O.